The fourth-order valence-electron chi connectivity index (χ4n) is 2.63. The van der Waals surface area contributed by atoms with Gasteiger partial charge in [-0.1, -0.05) is 17.7 Å². The highest BCUT2D eigenvalue weighted by Crippen LogP contribution is 2.37. The number of halogens is 1. The highest BCUT2D eigenvalue weighted by Gasteiger charge is 2.13. The molecule has 2 amide bonds. The molecule has 0 radical (unpaired) electrons. The van der Waals surface area contributed by atoms with Crippen molar-refractivity contribution in [3.63, 3.8) is 0 Å². The van der Waals surface area contributed by atoms with Crippen LogP contribution in [-0.4, -0.2) is 25.0 Å². The number of benzene rings is 2. The summed E-state index contributed by atoms with van der Waals surface area (Å²) < 4.78 is 11.0. The maximum atomic E-state index is 12.3. The lowest BCUT2D eigenvalue weighted by Gasteiger charge is -2.15. The van der Waals surface area contributed by atoms with E-state index in [9.17, 15) is 9.59 Å². The zero-order chi connectivity index (χ0) is 21.6. The van der Waals surface area contributed by atoms with Crippen LogP contribution in [0.5, 0.6) is 11.5 Å². The van der Waals surface area contributed by atoms with E-state index in [0.717, 1.165) is 5.56 Å². The third kappa shape index (κ3) is 6.26. The van der Waals surface area contributed by atoms with Gasteiger partial charge in [0.25, 0.3) is 0 Å². The SMILES string of the molecule is COc1cc(/C=C/C(=O)Nc2cccc(NC(C)=O)c2C)cc(Cl)c1OC(C)C. The van der Waals surface area contributed by atoms with Gasteiger partial charge in [0.1, 0.15) is 0 Å². The van der Waals surface area contributed by atoms with Crippen molar-refractivity contribution in [3.8, 4) is 11.5 Å². The van der Waals surface area contributed by atoms with Gasteiger partial charge in [-0.2, -0.15) is 0 Å². The first kappa shape index (κ1) is 22.3. The number of rotatable bonds is 7. The van der Waals surface area contributed by atoms with Crippen molar-refractivity contribution >= 4 is 40.9 Å². The molecule has 0 saturated carbocycles. The van der Waals surface area contributed by atoms with Gasteiger partial charge in [-0.15, -0.1) is 0 Å². The molecule has 2 N–H and O–H groups in total. The zero-order valence-electron chi connectivity index (χ0n) is 17.1. The molecule has 0 bridgehead atoms. The van der Waals surface area contributed by atoms with Crippen molar-refractivity contribution in [1.29, 1.82) is 0 Å². The first-order valence-corrected chi connectivity index (χ1v) is 9.49. The van der Waals surface area contributed by atoms with Gasteiger partial charge in [-0.3, -0.25) is 9.59 Å². The van der Waals surface area contributed by atoms with Crippen LogP contribution >= 0.6 is 11.6 Å². The summed E-state index contributed by atoms with van der Waals surface area (Å²) in [4.78, 5) is 23.6. The van der Waals surface area contributed by atoms with Crippen molar-refractivity contribution in [2.75, 3.05) is 17.7 Å². The lowest BCUT2D eigenvalue weighted by molar-refractivity contribution is -0.114. The minimum absolute atomic E-state index is 0.0509. The predicted molar refractivity (Wildman–Crippen MR) is 117 cm³/mol. The maximum absolute atomic E-state index is 12.3. The second kappa shape index (κ2) is 9.98. The van der Waals surface area contributed by atoms with Crippen LogP contribution in [0.4, 0.5) is 11.4 Å². The summed E-state index contributed by atoms with van der Waals surface area (Å²) in [6.45, 7) is 7.06. The van der Waals surface area contributed by atoms with E-state index in [2.05, 4.69) is 10.6 Å². The normalized spacial score (nSPS) is 10.9. The third-order valence-electron chi connectivity index (χ3n) is 3.93. The highest BCUT2D eigenvalue weighted by molar-refractivity contribution is 6.32. The monoisotopic (exact) mass is 416 g/mol. The Labute approximate surface area is 175 Å². The molecule has 0 aliphatic carbocycles. The van der Waals surface area contributed by atoms with Crippen LogP contribution in [0, 0.1) is 6.92 Å². The number of carbonyl (C=O) groups excluding carboxylic acids is 2. The van der Waals surface area contributed by atoms with Crippen LogP contribution in [-0.2, 0) is 9.59 Å². The minimum Gasteiger partial charge on any atom is -0.493 e. The van der Waals surface area contributed by atoms with Gasteiger partial charge in [0, 0.05) is 24.4 Å². The zero-order valence-corrected chi connectivity index (χ0v) is 17.9. The van der Waals surface area contributed by atoms with Crippen LogP contribution in [0.3, 0.4) is 0 Å². The molecule has 0 aliphatic heterocycles. The average Bonchev–Trinajstić information content (AvgIpc) is 2.64. The molecule has 154 valence electrons. The molecule has 0 saturated heterocycles. The molecule has 0 aliphatic rings. The summed E-state index contributed by atoms with van der Waals surface area (Å²) in [5, 5.41) is 5.94. The van der Waals surface area contributed by atoms with Crippen molar-refractivity contribution in [1.82, 2.24) is 0 Å². The molecule has 7 heteroatoms. The molecule has 0 unspecified atom stereocenters. The van der Waals surface area contributed by atoms with E-state index in [4.69, 9.17) is 21.1 Å². The number of anilines is 2. The first-order chi connectivity index (χ1) is 13.7. The largest absolute Gasteiger partial charge is 0.493 e. The van der Waals surface area contributed by atoms with Gasteiger partial charge in [-0.25, -0.2) is 0 Å². The average molecular weight is 417 g/mol. The second-order valence-corrected chi connectivity index (χ2v) is 7.09. The highest BCUT2D eigenvalue weighted by atomic mass is 35.5. The molecule has 0 heterocycles. The smallest absolute Gasteiger partial charge is 0.248 e. The Morgan fingerprint density at radius 3 is 2.38 bits per heavy atom. The fraction of sp³-hybridized carbons (Fsp3) is 0.273. The van der Waals surface area contributed by atoms with E-state index in [0.29, 0.717) is 33.5 Å². The molecular formula is C22H25ClN2O4. The lowest BCUT2D eigenvalue weighted by atomic mass is 10.1. The van der Waals surface area contributed by atoms with Crippen molar-refractivity contribution in [3.05, 3.63) is 52.6 Å². The summed E-state index contributed by atoms with van der Waals surface area (Å²) in [6.07, 6.45) is 2.99. The Morgan fingerprint density at radius 1 is 1.14 bits per heavy atom. The van der Waals surface area contributed by atoms with E-state index in [-0.39, 0.29) is 17.9 Å². The molecule has 0 aromatic heterocycles. The molecule has 0 fully saturated rings. The number of hydrogen-bond acceptors (Lipinski definition) is 4. The molecule has 2 aromatic carbocycles. The number of nitrogens with one attached hydrogen (secondary N) is 2. The topological polar surface area (TPSA) is 76.7 Å². The number of ether oxygens (including phenoxy) is 2. The minimum atomic E-state index is -0.314. The van der Waals surface area contributed by atoms with Crippen molar-refractivity contribution in [2.45, 2.75) is 33.8 Å². The Balaban J connectivity index is 2.17. The Bertz CT molecular complexity index is 939. The van der Waals surface area contributed by atoms with Crippen LogP contribution in [0.25, 0.3) is 6.08 Å². The Morgan fingerprint density at radius 2 is 1.79 bits per heavy atom. The van der Waals surface area contributed by atoms with Gasteiger partial charge in [0.05, 0.1) is 18.2 Å². The van der Waals surface area contributed by atoms with Gasteiger partial charge in [-0.05, 0) is 62.2 Å². The number of carbonyl (C=O) groups is 2. The number of methoxy groups -OCH3 is 1. The summed E-state index contributed by atoms with van der Waals surface area (Å²) >= 11 is 6.31. The molecular weight excluding hydrogens is 392 g/mol. The van der Waals surface area contributed by atoms with Crippen LogP contribution in [0.1, 0.15) is 31.9 Å². The van der Waals surface area contributed by atoms with E-state index in [1.165, 1.54) is 20.1 Å². The molecule has 2 aromatic rings. The number of amides is 2. The molecule has 0 spiro atoms. The predicted octanol–water partition coefficient (Wildman–Crippen LogP) is 5.05. The standard InChI is InChI=1S/C22H25ClN2O4/c1-13(2)29-22-17(23)11-16(12-20(22)28-5)9-10-21(27)25-19-8-6-7-18(14(19)3)24-15(4)26/h6-13H,1-5H3,(H,24,26)(H,25,27)/b10-9+. The quantitative estimate of drug-likeness (QED) is 0.619. The van der Waals surface area contributed by atoms with E-state index < -0.39 is 0 Å². The van der Waals surface area contributed by atoms with E-state index in [1.807, 2.05) is 20.8 Å². The summed E-state index contributed by atoms with van der Waals surface area (Å²) in [6, 6.07) is 8.75. The van der Waals surface area contributed by atoms with Crippen molar-refractivity contribution < 1.29 is 19.1 Å². The molecule has 6 nitrogen and oxygen atoms in total. The molecule has 0 atom stereocenters. The van der Waals surface area contributed by atoms with Gasteiger partial charge >= 0.3 is 0 Å². The molecule has 29 heavy (non-hydrogen) atoms. The van der Waals surface area contributed by atoms with Crippen LogP contribution < -0.4 is 20.1 Å². The van der Waals surface area contributed by atoms with E-state index >= 15 is 0 Å². The summed E-state index contributed by atoms with van der Waals surface area (Å²) in [5.74, 6) is 0.471. The van der Waals surface area contributed by atoms with Gasteiger partial charge in [0.2, 0.25) is 11.8 Å². The lowest BCUT2D eigenvalue weighted by Crippen LogP contribution is -2.12. The van der Waals surface area contributed by atoms with Gasteiger partial charge < -0.3 is 20.1 Å². The fourth-order valence-corrected chi connectivity index (χ4v) is 2.89. The molecule has 2 rings (SSSR count). The number of hydrogen-bond donors (Lipinski definition) is 2. The first-order valence-electron chi connectivity index (χ1n) is 9.11. The van der Waals surface area contributed by atoms with Crippen LogP contribution in [0.15, 0.2) is 36.4 Å². The second-order valence-electron chi connectivity index (χ2n) is 6.68. The Hall–Kier alpha value is -2.99. The van der Waals surface area contributed by atoms with Crippen molar-refractivity contribution in [2.24, 2.45) is 0 Å². The maximum Gasteiger partial charge on any atom is 0.248 e. The summed E-state index contributed by atoms with van der Waals surface area (Å²) in [5.41, 5.74) is 2.73. The van der Waals surface area contributed by atoms with Gasteiger partial charge in [0.15, 0.2) is 11.5 Å². The van der Waals surface area contributed by atoms with E-state index in [1.54, 1.807) is 36.4 Å². The third-order valence-corrected chi connectivity index (χ3v) is 4.22. The summed E-state index contributed by atoms with van der Waals surface area (Å²) in [7, 11) is 1.53. The Kier molecular flexibility index (Phi) is 7.67. The van der Waals surface area contributed by atoms with Crippen LogP contribution in [0.2, 0.25) is 5.02 Å².